The number of pyridine rings is 1. The molecule has 0 saturated carbocycles. The number of nitrogens with zero attached hydrogens (tertiary/aromatic N) is 6. The molecule has 0 bridgehead atoms. The lowest BCUT2D eigenvalue weighted by atomic mass is 10.0. The third-order valence-corrected chi connectivity index (χ3v) is 11.0. The standard InChI is InChI=1S/C43H38N8O4/c1-3-39-47-41(37-24-49(25(2)52)18-19-50(37)39)29-11-7-10-27-20-34(44-22-31(27)29)28-14-15-33-35(21-28)46-38(45-33)13-5-4-8-26-9-6-12-30-32(26)23-51(43(30)55)36-16-17-40(53)48-42(36)54/h6-7,9-12,14-15,20-22,36H,3,5,13,16-19,23-24H2,1-2H3,(H,45,46)(H,48,53,54). The van der Waals surface area contributed by atoms with E-state index in [2.05, 4.69) is 64.0 Å². The Hall–Kier alpha value is -6.61. The fourth-order valence-corrected chi connectivity index (χ4v) is 8.11. The summed E-state index contributed by atoms with van der Waals surface area (Å²) in [6, 6.07) is 19.3. The van der Waals surface area contributed by atoms with Crippen LogP contribution in [-0.2, 0) is 46.9 Å². The molecule has 1 saturated heterocycles. The number of hydrogen-bond donors (Lipinski definition) is 2. The van der Waals surface area contributed by atoms with Crippen LogP contribution in [0, 0.1) is 11.8 Å². The second kappa shape index (κ2) is 13.7. The average molecular weight is 731 g/mol. The number of benzene rings is 3. The zero-order valence-electron chi connectivity index (χ0n) is 30.6. The molecule has 4 amide bonds. The second-order valence-corrected chi connectivity index (χ2v) is 14.3. The van der Waals surface area contributed by atoms with Crippen molar-refractivity contribution in [3.05, 3.63) is 101 Å². The molecule has 12 nitrogen and oxygen atoms in total. The highest BCUT2D eigenvalue weighted by Gasteiger charge is 2.39. The molecule has 1 fully saturated rings. The third-order valence-electron chi connectivity index (χ3n) is 11.0. The number of H-pyrrole nitrogens is 1. The van der Waals surface area contributed by atoms with E-state index in [4.69, 9.17) is 15.0 Å². The maximum atomic E-state index is 13.2. The highest BCUT2D eigenvalue weighted by atomic mass is 16.2. The second-order valence-electron chi connectivity index (χ2n) is 14.3. The quantitative estimate of drug-likeness (QED) is 0.175. The van der Waals surface area contributed by atoms with Gasteiger partial charge in [0.05, 0.1) is 34.7 Å². The van der Waals surface area contributed by atoms with Crippen LogP contribution < -0.4 is 5.32 Å². The first-order valence-corrected chi connectivity index (χ1v) is 18.7. The van der Waals surface area contributed by atoms with Crippen LogP contribution in [0.15, 0.2) is 66.9 Å². The van der Waals surface area contributed by atoms with Crippen molar-refractivity contribution >= 4 is 45.4 Å². The van der Waals surface area contributed by atoms with Gasteiger partial charge in [-0.25, -0.2) is 9.97 Å². The summed E-state index contributed by atoms with van der Waals surface area (Å²) < 4.78 is 2.27. The summed E-state index contributed by atoms with van der Waals surface area (Å²) in [5.41, 5.74) is 8.72. The summed E-state index contributed by atoms with van der Waals surface area (Å²) in [6.45, 7) is 6.01. The predicted molar refractivity (Wildman–Crippen MR) is 206 cm³/mol. The summed E-state index contributed by atoms with van der Waals surface area (Å²) in [4.78, 5) is 71.2. The van der Waals surface area contributed by atoms with Crippen LogP contribution in [0.3, 0.4) is 0 Å². The summed E-state index contributed by atoms with van der Waals surface area (Å²) in [5, 5.41) is 4.42. The minimum atomic E-state index is -0.661. The van der Waals surface area contributed by atoms with Crippen molar-refractivity contribution in [2.45, 2.75) is 71.6 Å². The van der Waals surface area contributed by atoms with E-state index in [1.807, 2.05) is 35.4 Å². The number of piperidine rings is 1. The summed E-state index contributed by atoms with van der Waals surface area (Å²) in [5.74, 6) is 7.48. The molecule has 3 aliphatic rings. The van der Waals surface area contributed by atoms with Crippen LogP contribution in [0.25, 0.3) is 44.3 Å². The van der Waals surface area contributed by atoms with Crippen LogP contribution in [0.1, 0.15) is 71.9 Å². The van der Waals surface area contributed by atoms with Crippen LogP contribution in [0.4, 0.5) is 0 Å². The molecular formula is C43H38N8O4. The number of carbonyl (C=O) groups excluding carboxylic acids is 4. The molecule has 3 aromatic heterocycles. The normalized spacial score (nSPS) is 16.6. The molecule has 3 aromatic carbocycles. The van der Waals surface area contributed by atoms with Gasteiger partial charge in [0.2, 0.25) is 17.7 Å². The van der Waals surface area contributed by atoms with Gasteiger partial charge in [0, 0.05) is 86.1 Å². The van der Waals surface area contributed by atoms with E-state index in [0.29, 0.717) is 37.9 Å². The Morgan fingerprint density at radius 2 is 1.84 bits per heavy atom. The largest absolute Gasteiger partial charge is 0.342 e. The Bertz CT molecular complexity index is 2660. The first-order chi connectivity index (χ1) is 26.7. The molecule has 6 heterocycles. The van der Waals surface area contributed by atoms with Crippen LogP contribution >= 0.6 is 0 Å². The molecular weight excluding hydrogens is 693 g/mol. The van der Waals surface area contributed by atoms with E-state index in [0.717, 1.165) is 85.8 Å². The molecule has 3 aliphatic heterocycles. The van der Waals surface area contributed by atoms with Gasteiger partial charge in [-0.05, 0) is 47.7 Å². The fourth-order valence-electron chi connectivity index (χ4n) is 8.11. The van der Waals surface area contributed by atoms with Crippen molar-refractivity contribution in [3.8, 4) is 34.4 Å². The number of aromatic amines is 1. The Balaban J connectivity index is 0.916. The van der Waals surface area contributed by atoms with Gasteiger partial charge in [-0.15, -0.1) is 0 Å². The van der Waals surface area contributed by atoms with Gasteiger partial charge in [-0.2, -0.15) is 0 Å². The van der Waals surface area contributed by atoms with Gasteiger partial charge in [-0.1, -0.05) is 49.1 Å². The van der Waals surface area contributed by atoms with Crippen LogP contribution in [0.2, 0.25) is 0 Å². The third kappa shape index (κ3) is 6.11. The number of carbonyl (C=O) groups is 4. The van der Waals surface area contributed by atoms with Gasteiger partial charge in [0.25, 0.3) is 5.91 Å². The molecule has 6 aromatic rings. The van der Waals surface area contributed by atoms with E-state index in [1.54, 1.807) is 17.9 Å². The minimum Gasteiger partial charge on any atom is -0.342 e. The topological polar surface area (TPSA) is 146 Å². The maximum Gasteiger partial charge on any atom is 0.255 e. The first-order valence-electron chi connectivity index (χ1n) is 18.7. The smallest absolute Gasteiger partial charge is 0.255 e. The summed E-state index contributed by atoms with van der Waals surface area (Å²) in [7, 11) is 0. The average Bonchev–Trinajstić information content (AvgIpc) is 3.88. The molecule has 1 unspecified atom stereocenters. The van der Waals surface area contributed by atoms with E-state index in [-0.39, 0.29) is 30.7 Å². The maximum absolute atomic E-state index is 13.2. The van der Waals surface area contributed by atoms with Gasteiger partial charge >= 0.3 is 0 Å². The molecule has 55 heavy (non-hydrogen) atoms. The number of nitrogens with one attached hydrogen (secondary N) is 2. The van der Waals surface area contributed by atoms with Crippen molar-refractivity contribution in [1.82, 2.24) is 39.6 Å². The van der Waals surface area contributed by atoms with Crippen LogP contribution in [-0.4, -0.2) is 70.5 Å². The lowest BCUT2D eigenvalue weighted by molar-refractivity contribution is -0.137. The van der Waals surface area contributed by atoms with E-state index >= 15 is 0 Å². The summed E-state index contributed by atoms with van der Waals surface area (Å²) >= 11 is 0. The van der Waals surface area contributed by atoms with Crippen molar-refractivity contribution in [2.75, 3.05) is 6.54 Å². The molecule has 2 N–H and O–H groups in total. The number of amides is 4. The van der Waals surface area contributed by atoms with Gasteiger partial charge in [-0.3, -0.25) is 29.5 Å². The van der Waals surface area contributed by atoms with Crippen molar-refractivity contribution in [3.63, 3.8) is 0 Å². The number of imide groups is 1. The molecule has 1 atom stereocenters. The number of hydrogen-bond acceptors (Lipinski definition) is 7. The number of aromatic nitrogens is 5. The Kier molecular flexibility index (Phi) is 8.49. The number of aryl methyl sites for hydroxylation is 2. The van der Waals surface area contributed by atoms with Crippen molar-refractivity contribution in [1.29, 1.82) is 0 Å². The fraction of sp³-hybridized carbons (Fsp3) is 0.279. The molecule has 12 heteroatoms. The Morgan fingerprint density at radius 3 is 2.67 bits per heavy atom. The number of rotatable bonds is 6. The summed E-state index contributed by atoms with van der Waals surface area (Å²) in [6.07, 6.45) is 4.45. The zero-order valence-corrected chi connectivity index (χ0v) is 30.6. The minimum absolute atomic E-state index is 0.0731. The van der Waals surface area contributed by atoms with Gasteiger partial charge in [0.1, 0.15) is 17.7 Å². The SMILES string of the molecule is CCc1nc(-c2cccc3cc(-c4ccc5nc(CCC#Cc6cccc7c6CN(C6CCC(=O)NC6=O)C7=O)[nH]c5c4)ncc23)c2n1CCN(C(C)=O)C2. The van der Waals surface area contributed by atoms with E-state index < -0.39 is 11.9 Å². The number of imidazole rings is 2. The van der Waals surface area contributed by atoms with Gasteiger partial charge in [0.15, 0.2) is 0 Å². The Labute approximate surface area is 317 Å². The predicted octanol–water partition coefficient (Wildman–Crippen LogP) is 5.31. The molecule has 9 rings (SSSR count). The molecule has 0 aliphatic carbocycles. The van der Waals surface area contributed by atoms with E-state index in [9.17, 15) is 19.2 Å². The van der Waals surface area contributed by atoms with Crippen LogP contribution in [0.5, 0.6) is 0 Å². The highest BCUT2D eigenvalue weighted by Crippen LogP contribution is 2.35. The molecule has 274 valence electrons. The lowest BCUT2D eigenvalue weighted by Gasteiger charge is -2.29. The van der Waals surface area contributed by atoms with Gasteiger partial charge < -0.3 is 19.4 Å². The Morgan fingerprint density at radius 1 is 0.982 bits per heavy atom. The van der Waals surface area contributed by atoms with Crippen molar-refractivity contribution in [2.24, 2.45) is 0 Å². The number of fused-ring (bicyclic) bond motifs is 4. The first kappa shape index (κ1) is 34.2. The molecule has 0 spiro atoms. The molecule has 0 radical (unpaired) electrons. The highest BCUT2D eigenvalue weighted by molar-refractivity contribution is 6.05. The van der Waals surface area contributed by atoms with Crippen molar-refractivity contribution < 1.29 is 19.2 Å². The lowest BCUT2D eigenvalue weighted by Crippen LogP contribution is -2.52. The van der Waals surface area contributed by atoms with E-state index in [1.165, 1.54) is 0 Å². The zero-order chi connectivity index (χ0) is 37.8. The monoisotopic (exact) mass is 730 g/mol.